The fraction of sp³-hybridized carbons (Fsp3) is 0.765. The van der Waals surface area contributed by atoms with Gasteiger partial charge in [0.1, 0.15) is 0 Å². The highest BCUT2D eigenvalue weighted by atomic mass is 19.4. The number of hydrogen-bond acceptors (Lipinski definition) is 4. The lowest BCUT2D eigenvalue weighted by molar-refractivity contribution is -0.163. The summed E-state index contributed by atoms with van der Waals surface area (Å²) >= 11 is 0. The number of halogens is 3. The maximum atomic E-state index is 13.2. The van der Waals surface area contributed by atoms with E-state index in [-0.39, 0.29) is 23.4 Å². The van der Waals surface area contributed by atoms with Crippen molar-refractivity contribution in [2.45, 2.75) is 43.8 Å². The minimum absolute atomic E-state index is 0.0600. The van der Waals surface area contributed by atoms with Crippen molar-refractivity contribution in [2.75, 3.05) is 33.0 Å². The predicted molar refractivity (Wildman–Crippen MR) is 84.4 cm³/mol. The standard InChI is InChI=1S/C17H22F3N3O3/c18-17(19,20)14-12-9-11(1-2-13(12)21-22-14)15(24)23-5-8-26-10-16(23)3-6-25-7-4-16/h11H,1-10H2,(H,21,22). The maximum Gasteiger partial charge on any atom is 0.435 e. The van der Waals surface area contributed by atoms with E-state index in [2.05, 4.69) is 10.2 Å². The molecule has 4 rings (SSSR count). The van der Waals surface area contributed by atoms with Crippen molar-refractivity contribution in [3.05, 3.63) is 17.0 Å². The molecule has 1 spiro atoms. The maximum absolute atomic E-state index is 13.2. The monoisotopic (exact) mass is 373 g/mol. The zero-order chi connectivity index (χ0) is 18.4. The van der Waals surface area contributed by atoms with Crippen LogP contribution in [0.5, 0.6) is 0 Å². The van der Waals surface area contributed by atoms with Crippen molar-refractivity contribution in [3.63, 3.8) is 0 Å². The molecule has 2 saturated heterocycles. The molecule has 0 bridgehead atoms. The number of alkyl halides is 3. The second kappa shape index (κ2) is 6.53. The molecule has 6 nitrogen and oxygen atoms in total. The molecule has 9 heteroatoms. The summed E-state index contributed by atoms with van der Waals surface area (Å²) in [5.74, 6) is -0.505. The number of nitrogens with zero attached hydrogens (tertiary/aromatic N) is 2. The average Bonchev–Trinajstić information content (AvgIpc) is 3.06. The fourth-order valence-corrected chi connectivity index (χ4v) is 4.40. The second-order valence-corrected chi connectivity index (χ2v) is 7.35. The van der Waals surface area contributed by atoms with Gasteiger partial charge in [-0.2, -0.15) is 18.3 Å². The molecule has 1 aromatic rings. The van der Waals surface area contributed by atoms with Gasteiger partial charge in [-0.3, -0.25) is 9.89 Å². The zero-order valence-corrected chi connectivity index (χ0v) is 14.4. The van der Waals surface area contributed by atoms with E-state index in [9.17, 15) is 18.0 Å². The third-order valence-electron chi connectivity index (χ3n) is 5.86. The van der Waals surface area contributed by atoms with Crippen molar-refractivity contribution in [1.29, 1.82) is 0 Å². The molecule has 26 heavy (non-hydrogen) atoms. The summed E-state index contributed by atoms with van der Waals surface area (Å²) in [4.78, 5) is 15.1. The van der Waals surface area contributed by atoms with Gasteiger partial charge in [0.15, 0.2) is 5.69 Å². The summed E-state index contributed by atoms with van der Waals surface area (Å²) in [5, 5.41) is 5.94. The van der Waals surface area contributed by atoms with Crippen molar-refractivity contribution >= 4 is 5.91 Å². The Morgan fingerprint density at radius 2 is 2.00 bits per heavy atom. The van der Waals surface area contributed by atoms with Crippen LogP contribution < -0.4 is 0 Å². The highest BCUT2D eigenvalue weighted by Crippen LogP contribution is 2.38. The molecule has 1 atom stereocenters. The zero-order valence-electron chi connectivity index (χ0n) is 14.4. The van der Waals surface area contributed by atoms with Gasteiger partial charge < -0.3 is 14.4 Å². The first-order chi connectivity index (χ1) is 12.4. The van der Waals surface area contributed by atoms with Crippen LogP contribution in [0.15, 0.2) is 0 Å². The van der Waals surface area contributed by atoms with Crippen LogP contribution in [0.1, 0.15) is 36.2 Å². The topological polar surface area (TPSA) is 67.5 Å². The first-order valence-electron chi connectivity index (χ1n) is 9.01. The van der Waals surface area contributed by atoms with Gasteiger partial charge in [-0.15, -0.1) is 0 Å². The summed E-state index contributed by atoms with van der Waals surface area (Å²) in [5.41, 5.74) is -0.606. The average molecular weight is 373 g/mol. The van der Waals surface area contributed by atoms with Crippen molar-refractivity contribution in [1.82, 2.24) is 15.1 Å². The Hall–Kier alpha value is -1.61. The molecule has 1 N–H and O–H groups in total. The minimum Gasteiger partial charge on any atom is -0.381 e. The van der Waals surface area contributed by atoms with E-state index < -0.39 is 17.8 Å². The van der Waals surface area contributed by atoms with E-state index in [4.69, 9.17) is 9.47 Å². The van der Waals surface area contributed by atoms with Crippen molar-refractivity contribution < 1.29 is 27.4 Å². The van der Waals surface area contributed by atoms with Crippen LogP contribution in [0.4, 0.5) is 13.2 Å². The molecule has 3 heterocycles. The molecule has 3 aliphatic rings. The van der Waals surface area contributed by atoms with Gasteiger partial charge in [0.2, 0.25) is 5.91 Å². The number of carbonyl (C=O) groups excluding carboxylic acids is 1. The number of aromatic amines is 1. The Morgan fingerprint density at radius 3 is 2.73 bits per heavy atom. The molecule has 2 aliphatic heterocycles. The Kier molecular flexibility index (Phi) is 4.46. The van der Waals surface area contributed by atoms with E-state index in [1.54, 1.807) is 0 Å². The van der Waals surface area contributed by atoms with Crippen LogP contribution in [0.3, 0.4) is 0 Å². The van der Waals surface area contributed by atoms with Crippen molar-refractivity contribution in [2.24, 2.45) is 5.92 Å². The SMILES string of the molecule is O=C(C1CCc2[nH]nc(C(F)(F)F)c2C1)N1CCOCC12CCOCC2. The molecule has 0 radical (unpaired) electrons. The van der Waals surface area contributed by atoms with E-state index in [1.165, 1.54) is 0 Å². The van der Waals surface area contributed by atoms with E-state index in [0.717, 1.165) is 0 Å². The lowest BCUT2D eigenvalue weighted by Crippen LogP contribution is -2.62. The molecule has 1 amide bonds. The number of morpholine rings is 1. The molecule has 1 aromatic heterocycles. The van der Waals surface area contributed by atoms with Gasteiger partial charge in [-0.25, -0.2) is 0 Å². The first kappa shape index (κ1) is 17.8. The predicted octanol–water partition coefficient (Wildman–Crippen LogP) is 1.94. The van der Waals surface area contributed by atoms with E-state index >= 15 is 0 Å². The van der Waals surface area contributed by atoms with E-state index in [1.807, 2.05) is 4.90 Å². The van der Waals surface area contributed by atoms with Gasteiger partial charge in [0, 0.05) is 36.9 Å². The van der Waals surface area contributed by atoms with Crippen LogP contribution in [0.25, 0.3) is 0 Å². The first-order valence-corrected chi connectivity index (χ1v) is 9.01. The number of nitrogens with one attached hydrogen (secondary N) is 1. The number of carbonyl (C=O) groups is 1. The third kappa shape index (κ3) is 3.00. The molecule has 1 aliphatic carbocycles. The Balaban J connectivity index is 1.56. The van der Waals surface area contributed by atoms with Gasteiger partial charge in [0.25, 0.3) is 0 Å². The van der Waals surface area contributed by atoms with Crippen molar-refractivity contribution in [3.8, 4) is 0 Å². The normalized spacial score (nSPS) is 26.0. The number of rotatable bonds is 1. The minimum atomic E-state index is -4.50. The Morgan fingerprint density at radius 1 is 1.23 bits per heavy atom. The number of fused-ring (bicyclic) bond motifs is 1. The molecule has 0 aromatic carbocycles. The van der Waals surface area contributed by atoms with Crippen LogP contribution >= 0.6 is 0 Å². The molecule has 0 saturated carbocycles. The number of aryl methyl sites for hydroxylation is 1. The number of hydrogen-bond donors (Lipinski definition) is 1. The van der Waals surface area contributed by atoms with Gasteiger partial charge >= 0.3 is 6.18 Å². The molecular formula is C17H22F3N3O3. The highest BCUT2D eigenvalue weighted by Gasteiger charge is 2.46. The summed E-state index contributed by atoms with van der Waals surface area (Å²) in [6, 6.07) is 0. The summed E-state index contributed by atoms with van der Waals surface area (Å²) in [6.45, 7) is 2.56. The smallest absolute Gasteiger partial charge is 0.381 e. The number of aromatic nitrogens is 2. The molecule has 1 unspecified atom stereocenters. The number of amides is 1. The summed E-state index contributed by atoms with van der Waals surface area (Å²) in [6.07, 6.45) is -2.06. The molecule has 2 fully saturated rings. The third-order valence-corrected chi connectivity index (χ3v) is 5.86. The molecular weight excluding hydrogens is 351 g/mol. The Bertz CT molecular complexity index is 674. The number of H-pyrrole nitrogens is 1. The van der Waals surface area contributed by atoms with Gasteiger partial charge in [0.05, 0.1) is 18.8 Å². The van der Waals surface area contributed by atoms with Crippen LogP contribution in [0.2, 0.25) is 0 Å². The van der Waals surface area contributed by atoms with Crippen LogP contribution in [-0.2, 0) is 33.3 Å². The van der Waals surface area contributed by atoms with Crippen LogP contribution in [0, 0.1) is 5.92 Å². The van der Waals surface area contributed by atoms with E-state index in [0.29, 0.717) is 64.3 Å². The largest absolute Gasteiger partial charge is 0.435 e. The van der Waals surface area contributed by atoms with Gasteiger partial charge in [-0.05, 0) is 32.1 Å². The Labute approximate surface area is 149 Å². The quantitative estimate of drug-likeness (QED) is 0.817. The summed E-state index contributed by atoms with van der Waals surface area (Å²) in [7, 11) is 0. The summed E-state index contributed by atoms with van der Waals surface area (Å²) < 4.78 is 50.6. The lowest BCUT2D eigenvalue weighted by atomic mass is 9.82. The highest BCUT2D eigenvalue weighted by molar-refractivity contribution is 5.80. The van der Waals surface area contributed by atoms with Crippen LogP contribution in [-0.4, -0.2) is 59.5 Å². The number of ether oxygens (including phenoxy) is 2. The second-order valence-electron chi connectivity index (χ2n) is 7.35. The van der Waals surface area contributed by atoms with Gasteiger partial charge in [-0.1, -0.05) is 0 Å². The fourth-order valence-electron chi connectivity index (χ4n) is 4.40. The lowest BCUT2D eigenvalue weighted by Gasteiger charge is -2.50. The molecule has 144 valence electrons.